The van der Waals surface area contributed by atoms with E-state index >= 15 is 0 Å². The Balaban J connectivity index is 1.51. The Labute approximate surface area is 166 Å². The molecule has 0 aliphatic carbocycles. The van der Waals surface area contributed by atoms with E-state index in [1.165, 1.54) is 24.3 Å². The summed E-state index contributed by atoms with van der Waals surface area (Å²) in [6, 6.07) is 13.2. The number of pyridine rings is 2. The SMILES string of the molecule is Cc1cc(NCCSc2cc(C)nc3ccc(F)cc23)c2cc(F)ccc2n1. The number of aromatic nitrogens is 2. The van der Waals surface area contributed by atoms with Crippen LogP contribution in [0.2, 0.25) is 0 Å². The van der Waals surface area contributed by atoms with Crippen LogP contribution in [0.15, 0.2) is 53.4 Å². The van der Waals surface area contributed by atoms with Gasteiger partial charge in [0, 0.05) is 45.0 Å². The summed E-state index contributed by atoms with van der Waals surface area (Å²) in [6.07, 6.45) is 0. The lowest BCUT2D eigenvalue weighted by molar-refractivity contribution is 0.629. The Morgan fingerprint density at radius 1 is 0.821 bits per heavy atom. The molecule has 0 unspecified atom stereocenters. The lowest BCUT2D eigenvalue weighted by Gasteiger charge is -2.12. The second kappa shape index (κ2) is 7.72. The van der Waals surface area contributed by atoms with Gasteiger partial charge in [-0.25, -0.2) is 8.78 Å². The summed E-state index contributed by atoms with van der Waals surface area (Å²) in [5.41, 5.74) is 4.21. The maximum absolute atomic E-state index is 13.7. The van der Waals surface area contributed by atoms with Crippen LogP contribution in [0.1, 0.15) is 11.4 Å². The molecule has 0 radical (unpaired) electrons. The number of benzene rings is 2. The van der Waals surface area contributed by atoms with Gasteiger partial charge in [-0.15, -0.1) is 11.8 Å². The van der Waals surface area contributed by atoms with E-state index in [1.54, 1.807) is 23.9 Å². The number of anilines is 1. The predicted molar refractivity (Wildman–Crippen MR) is 112 cm³/mol. The van der Waals surface area contributed by atoms with Gasteiger partial charge in [-0.3, -0.25) is 9.97 Å². The van der Waals surface area contributed by atoms with E-state index in [9.17, 15) is 8.78 Å². The molecule has 0 aliphatic heterocycles. The van der Waals surface area contributed by atoms with Gasteiger partial charge in [-0.05, 0) is 62.4 Å². The molecule has 0 bridgehead atoms. The third-order valence-corrected chi connectivity index (χ3v) is 5.49. The fraction of sp³-hybridized carbons (Fsp3) is 0.182. The molecule has 0 spiro atoms. The van der Waals surface area contributed by atoms with Crippen molar-refractivity contribution in [3.63, 3.8) is 0 Å². The fourth-order valence-corrected chi connectivity index (χ4v) is 4.23. The Morgan fingerprint density at radius 2 is 1.43 bits per heavy atom. The first-order chi connectivity index (χ1) is 13.5. The van der Waals surface area contributed by atoms with Crippen molar-refractivity contribution in [3.05, 3.63) is 71.6 Å². The second-order valence-electron chi connectivity index (χ2n) is 6.67. The maximum Gasteiger partial charge on any atom is 0.124 e. The summed E-state index contributed by atoms with van der Waals surface area (Å²) >= 11 is 1.65. The molecule has 0 saturated carbocycles. The number of fused-ring (bicyclic) bond motifs is 2. The van der Waals surface area contributed by atoms with E-state index in [4.69, 9.17) is 0 Å². The van der Waals surface area contributed by atoms with Crippen LogP contribution in [0.4, 0.5) is 14.5 Å². The largest absolute Gasteiger partial charge is 0.384 e. The Hall–Kier alpha value is -2.73. The van der Waals surface area contributed by atoms with Gasteiger partial charge in [0.1, 0.15) is 11.6 Å². The topological polar surface area (TPSA) is 37.8 Å². The van der Waals surface area contributed by atoms with Crippen LogP contribution in [-0.2, 0) is 0 Å². The minimum absolute atomic E-state index is 0.265. The van der Waals surface area contributed by atoms with Gasteiger partial charge in [0.25, 0.3) is 0 Å². The first kappa shape index (κ1) is 18.6. The highest BCUT2D eigenvalue weighted by molar-refractivity contribution is 7.99. The van der Waals surface area contributed by atoms with Gasteiger partial charge in [0.2, 0.25) is 0 Å². The molecule has 28 heavy (non-hydrogen) atoms. The quantitative estimate of drug-likeness (QED) is 0.338. The van der Waals surface area contributed by atoms with Crippen LogP contribution in [0.3, 0.4) is 0 Å². The zero-order valence-electron chi connectivity index (χ0n) is 15.6. The molecule has 4 aromatic rings. The van der Waals surface area contributed by atoms with E-state index in [0.29, 0.717) is 6.54 Å². The molecule has 0 fully saturated rings. The van der Waals surface area contributed by atoms with Crippen LogP contribution in [0, 0.1) is 25.5 Å². The Morgan fingerprint density at radius 3 is 2.14 bits per heavy atom. The summed E-state index contributed by atoms with van der Waals surface area (Å²) in [4.78, 5) is 9.92. The van der Waals surface area contributed by atoms with E-state index in [-0.39, 0.29) is 11.6 Å². The van der Waals surface area contributed by atoms with Crippen LogP contribution < -0.4 is 5.32 Å². The lowest BCUT2D eigenvalue weighted by atomic mass is 10.1. The minimum atomic E-state index is -0.281. The highest BCUT2D eigenvalue weighted by atomic mass is 32.2. The lowest BCUT2D eigenvalue weighted by Crippen LogP contribution is -2.05. The van der Waals surface area contributed by atoms with Gasteiger partial charge >= 0.3 is 0 Å². The number of rotatable bonds is 5. The van der Waals surface area contributed by atoms with Crippen LogP contribution in [0.5, 0.6) is 0 Å². The highest BCUT2D eigenvalue weighted by Gasteiger charge is 2.08. The number of nitrogens with zero attached hydrogens (tertiary/aromatic N) is 2. The minimum Gasteiger partial charge on any atom is -0.384 e. The zero-order chi connectivity index (χ0) is 19.7. The van der Waals surface area contributed by atoms with Crippen molar-refractivity contribution < 1.29 is 8.78 Å². The Bertz CT molecular complexity index is 1080. The van der Waals surface area contributed by atoms with Gasteiger partial charge in [-0.2, -0.15) is 0 Å². The van der Waals surface area contributed by atoms with Crippen molar-refractivity contribution in [3.8, 4) is 0 Å². The number of nitrogens with one attached hydrogen (secondary N) is 1. The third kappa shape index (κ3) is 3.92. The van der Waals surface area contributed by atoms with Crippen LogP contribution in [-0.4, -0.2) is 22.3 Å². The molecular weight excluding hydrogens is 376 g/mol. The number of halogens is 2. The molecule has 2 heterocycles. The normalized spacial score (nSPS) is 11.3. The highest BCUT2D eigenvalue weighted by Crippen LogP contribution is 2.29. The Kier molecular flexibility index (Phi) is 5.13. The summed E-state index contributed by atoms with van der Waals surface area (Å²) in [5, 5.41) is 4.97. The number of hydrogen-bond donors (Lipinski definition) is 1. The number of aryl methyl sites for hydroxylation is 2. The molecule has 6 heteroatoms. The van der Waals surface area contributed by atoms with Gasteiger partial charge < -0.3 is 5.32 Å². The van der Waals surface area contributed by atoms with Crippen molar-refractivity contribution in [2.45, 2.75) is 18.7 Å². The second-order valence-corrected chi connectivity index (χ2v) is 7.81. The van der Waals surface area contributed by atoms with Crippen molar-refractivity contribution >= 4 is 39.3 Å². The average molecular weight is 395 g/mol. The fourth-order valence-electron chi connectivity index (χ4n) is 3.24. The molecule has 0 atom stereocenters. The molecule has 3 nitrogen and oxygen atoms in total. The summed E-state index contributed by atoms with van der Waals surface area (Å²) < 4.78 is 27.3. The standard InChI is InChI=1S/C22H19F2N3S/c1-13-9-21(17-11-15(23)3-5-19(17)26-13)25-7-8-28-22-10-14(2)27-20-6-4-16(24)12-18(20)22/h3-6,9-12H,7-8H2,1-2H3,(H,25,26). The first-order valence-electron chi connectivity index (χ1n) is 9.00. The van der Waals surface area contributed by atoms with Gasteiger partial charge in [0.15, 0.2) is 0 Å². The number of hydrogen-bond acceptors (Lipinski definition) is 4. The predicted octanol–water partition coefficient (Wildman–Crippen LogP) is 5.88. The monoisotopic (exact) mass is 395 g/mol. The van der Waals surface area contributed by atoms with Crippen LogP contribution >= 0.6 is 11.8 Å². The molecule has 0 amide bonds. The van der Waals surface area contributed by atoms with E-state index < -0.39 is 0 Å². The van der Waals surface area contributed by atoms with E-state index in [0.717, 1.165) is 49.5 Å². The summed E-state index contributed by atoms with van der Waals surface area (Å²) in [7, 11) is 0. The average Bonchev–Trinajstić information content (AvgIpc) is 2.65. The zero-order valence-corrected chi connectivity index (χ0v) is 16.4. The third-order valence-electron chi connectivity index (χ3n) is 4.43. The molecule has 0 saturated heterocycles. The van der Waals surface area contributed by atoms with Crippen LogP contribution in [0.25, 0.3) is 21.8 Å². The first-order valence-corrected chi connectivity index (χ1v) is 9.99. The van der Waals surface area contributed by atoms with Gasteiger partial charge in [-0.1, -0.05) is 0 Å². The molecule has 2 aromatic carbocycles. The van der Waals surface area contributed by atoms with Crippen molar-refractivity contribution in [2.24, 2.45) is 0 Å². The van der Waals surface area contributed by atoms with Crippen molar-refractivity contribution in [1.29, 1.82) is 0 Å². The number of thioether (sulfide) groups is 1. The summed E-state index contributed by atoms with van der Waals surface area (Å²) in [5.74, 6) is 0.225. The van der Waals surface area contributed by atoms with Gasteiger partial charge in [0.05, 0.1) is 11.0 Å². The smallest absolute Gasteiger partial charge is 0.124 e. The molecule has 0 aliphatic rings. The van der Waals surface area contributed by atoms with E-state index in [2.05, 4.69) is 15.3 Å². The molecule has 1 N–H and O–H groups in total. The molecule has 142 valence electrons. The van der Waals surface area contributed by atoms with E-state index in [1.807, 2.05) is 26.0 Å². The van der Waals surface area contributed by atoms with Crippen molar-refractivity contribution in [2.75, 3.05) is 17.6 Å². The molecule has 2 aromatic heterocycles. The van der Waals surface area contributed by atoms with Crippen molar-refractivity contribution in [1.82, 2.24) is 9.97 Å². The summed E-state index contributed by atoms with van der Waals surface area (Å²) in [6.45, 7) is 4.53. The maximum atomic E-state index is 13.7. The molecular formula is C22H19F2N3S. The molecule has 4 rings (SSSR count).